The molecule has 2 unspecified atom stereocenters. The summed E-state index contributed by atoms with van der Waals surface area (Å²) < 4.78 is 27.2. The van der Waals surface area contributed by atoms with Crippen molar-refractivity contribution in [3.63, 3.8) is 0 Å². The lowest BCUT2D eigenvalue weighted by atomic mass is 10.0. The molecule has 1 saturated heterocycles. The molecule has 6 nitrogen and oxygen atoms in total. The zero-order chi connectivity index (χ0) is 17.2. The molecule has 2 aliphatic rings. The number of nitrogens with one attached hydrogen (secondary N) is 1. The van der Waals surface area contributed by atoms with Crippen LogP contribution in [0, 0.1) is 5.92 Å². The van der Waals surface area contributed by atoms with E-state index in [0.717, 1.165) is 25.7 Å². The number of carbonyl (C=O) groups excluding carboxylic acids is 1. The second kappa shape index (κ2) is 8.49. The third-order valence-corrected chi connectivity index (χ3v) is 6.80. The number of nitrogens with zero attached hydrogens (tertiary/aromatic N) is 1. The van der Waals surface area contributed by atoms with Gasteiger partial charge in [0.15, 0.2) is 0 Å². The number of sulfonamides is 1. The van der Waals surface area contributed by atoms with E-state index in [4.69, 9.17) is 5.73 Å². The zero-order valence-electron chi connectivity index (χ0n) is 14.1. The number of benzene rings is 1. The smallest absolute Gasteiger partial charge is 0.243 e. The molecule has 0 radical (unpaired) electrons. The minimum atomic E-state index is -3.66. The van der Waals surface area contributed by atoms with Crippen LogP contribution in [0.25, 0.3) is 0 Å². The summed E-state index contributed by atoms with van der Waals surface area (Å²) in [7, 11) is -3.66. The van der Waals surface area contributed by atoms with E-state index in [9.17, 15) is 13.2 Å². The van der Waals surface area contributed by atoms with Crippen LogP contribution in [0.4, 0.5) is 0 Å². The van der Waals surface area contributed by atoms with Gasteiger partial charge < -0.3 is 11.1 Å². The summed E-state index contributed by atoms with van der Waals surface area (Å²) >= 11 is 0. The Labute approximate surface area is 155 Å². The van der Waals surface area contributed by atoms with Crippen molar-refractivity contribution < 1.29 is 13.2 Å². The number of hydrogen-bond donors (Lipinski definition) is 2. The molecule has 0 bridgehead atoms. The fourth-order valence-electron chi connectivity index (χ4n) is 3.33. The first kappa shape index (κ1) is 20.2. The Hall–Kier alpha value is -1.15. The molecular weight excluding hydrogens is 362 g/mol. The van der Waals surface area contributed by atoms with Crippen LogP contribution in [-0.4, -0.2) is 43.8 Å². The molecule has 1 aromatic rings. The van der Waals surface area contributed by atoms with E-state index in [1.54, 1.807) is 30.3 Å². The van der Waals surface area contributed by atoms with E-state index in [0.29, 0.717) is 25.4 Å². The highest BCUT2D eigenvalue weighted by Crippen LogP contribution is 2.32. The molecular formula is C17H26ClN3O3S. The highest BCUT2D eigenvalue weighted by atomic mass is 35.5. The second-order valence-corrected chi connectivity index (χ2v) is 8.52. The monoisotopic (exact) mass is 387 g/mol. The van der Waals surface area contributed by atoms with Crippen molar-refractivity contribution in [2.75, 3.05) is 13.1 Å². The fourth-order valence-corrected chi connectivity index (χ4v) is 5.01. The molecule has 2 atom stereocenters. The summed E-state index contributed by atoms with van der Waals surface area (Å²) in [6.45, 7) is 0.778. The van der Waals surface area contributed by atoms with Crippen LogP contribution in [0.3, 0.4) is 0 Å². The summed E-state index contributed by atoms with van der Waals surface area (Å²) in [5.74, 6) is 0.235. The molecule has 1 amide bonds. The zero-order valence-corrected chi connectivity index (χ0v) is 15.8. The molecule has 3 rings (SSSR count). The van der Waals surface area contributed by atoms with Gasteiger partial charge in [0, 0.05) is 19.1 Å². The Kier molecular flexibility index (Phi) is 6.85. The Morgan fingerprint density at radius 3 is 2.48 bits per heavy atom. The number of hydrogen-bond acceptors (Lipinski definition) is 4. The summed E-state index contributed by atoms with van der Waals surface area (Å²) in [6.07, 6.45) is 4.35. The SMILES string of the molecule is Cl.NCC(NC(=O)C1CCCCN1S(=O)(=O)c1ccccc1)C1CC1. The Bertz CT molecular complexity index is 680. The molecule has 1 aromatic carbocycles. The maximum atomic E-state index is 12.9. The summed E-state index contributed by atoms with van der Waals surface area (Å²) in [5, 5.41) is 2.98. The topological polar surface area (TPSA) is 92.5 Å². The number of nitrogens with two attached hydrogens (primary N) is 1. The molecule has 3 N–H and O–H groups in total. The van der Waals surface area contributed by atoms with E-state index in [2.05, 4.69) is 5.32 Å². The molecule has 1 saturated carbocycles. The van der Waals surface area contributed by atoms with Gasteiger partial charge in [-0.25, -0.2) is 8.42 Å². The van der Waals surface area contributed by atoms with Crippen molar-refractivity contribution in [2.24, 2.45) is 11.7 Å². The van der Waals surface area contributed by atoms with Gasteiger partial charge in [-0.15, -0.1) is 12.4 Å². The highest BCUT2D eigenvalue weighted by molar-refractivity contribution is 7.89. The van der Waals surface area contributed by atoms with E-state index in [1.165, 1.54) is 4.31 Å². The molecule has 0 spiro atoms. The standard InChI is InChI=1S/C17H25N3O3S.ClH/c18-12-15(13-9-10-13)19-17(21)16-8-4-5-11-20(16)24(22,23)14-6-2-1-3-7-14;/h1-3,6-7,13,15-16H,4-5,8-12,18H2,(H,19,21);1H. The van der Waals surface area contributed by atoms with Crippen molar-refractivity contribution in [3.8, 4) is 0 Å². The predicted molar refractivity (Wildman–Crippen MR) is 98.9 cm³/mol. The summed E-state index contributed by atoms with van der Waals surface area (Å²) in [6, 6.07) is 7.64. The van der Waals surface area contributed by atoms with Crippen LogP contribution in [0.2, 0.25) is 0 Å². The highest BCUT2D eigenvalue weighted by Gasteiger charge is 2.39. The van der Waals surface area contributed by atoms with Gasteiger partial charge in [-0.05, 0) is 43.7 Å². The number of rotatable bonds is 6. The molecule has 1 aliphatic heterocycles. The third kappa shape index (κ3) is 4.53. The predicted octanol–water partition coefficient (Wildman–Crippen LogP) is 1.51. The molecule has 140 valence electrons. The Morgan fingerprint density at radius 1 is 1.20 bits per heavy atom. The average Bonchev–Trinajstić information content (AvgIpc) is 3.45. The Balaban J connectivity index is 0.00000225. The fraction of sp³-hybridized carbons (Fsp3) is 0.588. The van der Waals surface area contributed by atoms with Crippen LogP contribution in [-0.2, 0) is 14.8 Å². The van der Waals surface area contributed by atoms with Crippen molar-refractivity contribution in [3.05, 3.63) is 30.3 Å². The van der Waals surface area contributed by atoms with Crippen molar-refractivity contribution in [1.29, 1.82) is 0 Å². The third-order valence-electron chi connectivity index (χ3n) is 4.88. The lowest BCUT2D eigenvalue weighted by Gasteiger charge is -2.34. The lowest BCUT2D eigenvalue weighted by Crippen LogP contribution is -2.55. The first-order valence-electron chi connectivity index (χ1n) is 8.61. The van der Waals surface area contributed by atoms with E-state index in [1.807, 2.05) is 0 Å². The van der Waals surface area contributed by atoms with Crippen molar-refractivity contribution >= 4 is 28.3 Å². The molecule has 1 heterocycles. The van der Waals surface area contributed by atoms with Crippen LogP contribution in [0.5, 0.6) is 0 Å². The first-order chi connectivity index (χ1) is 11.5. The van der Waals surface area contributed by atoms with Crippen molar-refractivity contribution in [2.45, 2.75) is 49.1 Å². The summed E-state index contributed by atoms with van der Waals surface area (Å²) in [5.41, 5.74) is 5.76. The molecule has 8 heteroatoms. The van der Waals surface area contributed by atoms with E-state index in [-0.39, 0.29) is 29.3 Å². The van der Waals surface area contributed by atoms with Gasteiger partial charge in [0.25, 0.3) is 0 Å². The minimum absolute atomic E-state index is 0. The number of piperidine rings is 1. The van der Waals surface area contributed by atoms with Gasteiger partial charge >= 0.3 is 0 Å². The van der Waals surface area contributed by atoms with Crippen molar-refractivity contribution in [1.82, 2.24) is 9.62 Å². The van der Waals surface area contributed by atoms with E-state index >= 15 is 0 Å². The van der Waals surface area contributed by atoms with Gasteiger partial charge in [-0.3, -0.25) is 4.79 Å². The molecule has 1 aliphatic carbocycles. The lowest BCUT2D eigenvalue weighted by molar-refractivity contribution is -0.126. The summed E-state index contributed by atoms with van der Waals surface area (Å²) in [4.78, 5) is 13.0. The maximum Gasteiger partial charge on any atom is 0.243 e. The van der Waals surface area contributed by atoms with Gasteiger partial charge in [-0.1, -0.05) is 24.6 Å². The van der Waals surface area contributed by atoms with Crippen LogP contribution in [0.1, 0.15) is 32.1 Å². The Morgan fingerprint density at radius 2 is 1.88 bits per heavy atom. The second-order valence-electron chi connectivity index (χ2n) is 6.63. The molecule has 0 aromatic heterocycles. The van der Waals surface area contributed by atoms with Crippen LogP contribution >= 0.6 is 12.4 Å². The van der Waals surface area contributed by atoms with Gasteiger partial charge in [0.1, 0.15) is 6.04 Å². The molecule has 2 fully saturated rings. The normalized spacial score (nSPS) is 22.7. The average molecular weight is 388 g/mol. The van der Waals surface area contributed by atoms with Crippen LogP contribution < -0.4 is 11.1 Å². The van der Waals surface area contributed by atoms with Gasteiger partial charge in [0.05, 0.1) is 4.90 Å². The maximum absolute atomic E-state index is 12.9. The minimum Gasteiger partial charge on any atom is -0.350 e. The number of amides is 1. The quantitative estimate of drug-likeness (QED) is 0.773. The number of halogens is 1. The van der Waals surface area contributed by atoms with E-state index < -0.39 is 16.1 Å². The largest absolute Gasteiger partial charge is 0.350 e. The first-order valence-corrected chi connectivity index (χ1v) is 10.1. The van der Waals surface area contributed by atoms with Crippen LogP contribution in [0.15, 0.2) is 35.2 Å². The molecule has 25 heavy (non-hydrogen) atoms. The number of carbonyl (C=O) groups is 1. The van der Waals surface area contributed by atoms with Gasteiger partial charge in [-0.2, -0.15) is 4.31 Å². The van der Waals surface area contributed by atoms with Gasteiger partial charge in [0.2, 0.25) is 15.9 Å².